The van der Waals surface area contributed by atoms with Crippen LogP contribution in [0.4, 0.5) is 0 Å². The number of aryl methyl sites for hydroxylation is 2. The maximum Gasteiger partial charge on any atom is 0.303 e. The fraction of sp³-hybridized carbons (Fsp3) is 0.406. The Bertz CT molecular complexity index is 1560. The number of hydrogen-bond acceptors (Lipinski definition) is 7. The van der Waals surface area contributed by atoms with E-state index in [1.807, 2.05) is 36.4 Å². The minimum atomic E-state index is -3.01. The molecule has 1 aliphatic carbocycles. The van der Waals surface area contributed by atoms with Crippen LogP contribution in [-0.2, 0) is 21.1 Å². The lowest BCUT2D eigenvalue weighted by molar-refractivity contribution is -0.137. The van der Waals surface area contributed by atoms with Crippen LogP contribution >= 0.6 is 11.8 Å². The van der Waals surface area contributed by atoms with Gasteiger partial charge in [0.05, 0.1) is 25.9 Å². The maximum absolute atomic E-state index is 11.4. The van der Waals surface area contributed by atoms with Gasteiger partial charge in [-0.25, -0.2) is 8.42 Å². The van der Waals surface area contributed by atoms with Gasteiger partial charge in [0.15, 0.2) is 0 Å². The normalized spacial score (nSPS) is 17.7. The number of hydrogen-bond donors (Lipinski definition) is 1. The van der Waals surface area contributed by atoms with Gasteiger partial charge in [0.25, 0.3) is 0 Å². The van der Waals surface area contributed by atoms with Crippen LogP contribution in [0.25, 0.3) is 11.1 Å². The molecule has 1 heterocycles. The van der Waals surface area contributed by atoms with Gasteiger partial charge in [0.1, 0.15) is 33.2 Å². The number of thioether (sulfide) groups is 1. The van der Waals surface area contributed by atoms with Crippen molar-refractivity contribution in [1.82, 2.24) is 0 Å². The summed E-state index contributed by atoms with van der Waals surface area (Å²) in [5.41, 5.74) is 7.78. The topological polar surface area (TPSA) is 99.1 Å². The molecule has 0 fully saturated rings. The molecule has 218 valence electrons. The number of carboxylic acid groups (broad SMARTS) is 1. The second-order valence-corrected chi connectivity index (χ2v) is 14.2. The van der Waals surface area contributed by atoms with Gasteiger partial charge < -0.3 is 19.3 Å². The number of benzene rings is 3. The number of carboxylic acids is 1. The molecule has 2 aliphatic rings. The molecule has 0 bridgehead atoms. The van der Waals surface area contributed by atoms with E-state index in [1.165, 1.54) is 11.8 Å². The van der Waals surface area contributed by atoms with Gasteiger partial charge in [-0.2, -0.15) is 0 Å². The Morgan fingerprint density at radius 2 is 1.76 bits per heavy atom. The first-order valence-corrected chi connectivity index (χ1v) is 16.9. The summed E-state index contributed by atoms with van der Waals surface area (Å²) in [7, 11) is -1.32. The van der Waals surface area contributed by atoms with E-state index in [0.717, 1.165) is 74.1 Å². The fourth-order valence-corrected chi connectivity index (χ4v) is 7.92. The summed E-state index contributed by atoms with van der Waals surface area (Å²) in [6.07, 6.45) is 3.45. The highest BCUT2D eigenvalue weighted by Crippen LogP contribution is 2.48. The van der Waals surface area contributed by atoms with Crippen LogP contribution in [-0.4, -0.2) is 51.0 Å². The van der Waals surface area contributed by atoms with Crippen molar-refractivity contribution in [2.45, 2.75) is 56.4 Å². The van der Waals surface area contributed by atoms with Crippen molar-refractivity contribution in [3.8, 4) is 28.4 Å². The molecule has 0 spiro atoms. The minimum absolute atomic E-state index is 0.0412. The van der Waals surface area contributed by atoms with Crippen molar-refractivity contribution < 1.29 is 32.5 Å². The zero-order valence-electron chi connectivity index (χ0n) is 23.9. The molecule has 3 aromatic rings. The summed E-state index contributed by atoms with van der Waals surface area (Å²) in [5, 5.41) is 9.23. The molecule has 0 saturated carbocycles. The first-order valence-electron chi connectivity index (χ1n) is 13.8. The zero-order chi connectivity index (χ0) is 29.3. The third-order valence-electron chi connectivity index (χ3n) is 7.78. The Balaban J connectivity index is 1.39. The summed E-state index contributed by atoms with van der Waals surface area (Å²) in [4.78, 5) is 12.3. The molecule has 9 heteroatoms. The number of carbonyl (C=O) groups is 1. The van der Waals surface area contributed by atoms with Gasteiger partial charge in [-0.15, -0.1) is 11.8 Å². The number of sulfone groups is 1. The van der Waals surface area contributed by atoms with E-state index in [2.05, 4.69) is 19.9 Å². The molecule has 3 aromatic carbocycles. The molecule has 0 radical (unpaired) electrons. The summed E-state index contributed by atoms with van der Waals surface area (Å²) < 4.78 is 41.1. The molecule has 5 rings (SSSR count). The highest BCUT2D eigenvalue weighted by atomic mass is 32.2. The third kappa shape index (κ3) is 6.51. The molecule has 1 N–H and O–H groups in total. The Kier molecular flexibility index (Phi) is 8.57. The van der Waals surface area contributed by atoms with Crippen LogP contribution in [0, 0.1) is 13.8 Å². The standard InChI is InChI=1S/C32H36O7S2/c1-19-14-23(38-12-5-13-41(4,35)36)15-20(2)31(19)32-26-9-10-27(25(26)8-11-28(32)37-3)39-22-6-7-24-21(16-30(33)34)18-40-29(24)17-22/h6-8,11,14-15,17,21,27H,5,9-10,12-13,16,18H2,1-4H3,(H,33,34). The fourth-order valence-electron chi connectivity index (χ4n) is 6.00. The zero-order valence-corrected chi connectivity index (χ0v) is 25.5. The smallest absolute Gasteiger partial charge is 0.303 e. The monoisotopic (exact) mass is 596 g/mol. The number of ether oxygens (including phenoxy) is 3. The summed E-state index contributed by atoms with van der Waals surface area (Å²) >= 11 is 1.69. The molecule has 1 aliphatic heterocycles. The van der Waals surface area contributed by atoms with E-state index in [1.54, 1.807) is 18.9 Å². The van der Waals surface area contributed by atoms with Gasteiger partial charge in [-0.3, -0.25) is 4.79 Å². The summed E-state index contributed by atoms with van der Waals surface area (Å²) in [5.74, 6) is 2.50. The molecule has 2 atom stereocenters. The molecule has 0 amide bonds. The molecular formula is C32H36O7S2. The first-order chi connectivity index (χ1) is 19.5. The second kappa shape index (κ2) is 12.0. The van der Waals surface area contributed by atoms with E-state index >= 15 is 0 Å². The Hall–Kier alpha value is -3.17. The Morgan fingerprint density at radius 1 is 1.02 bits per heavy atom. The van der Waals surface area contributed by atoms with Crippen molar-refractivity contribution in [3.05, 3.63) is 70.3 Å². The lowest BCUT2D eigenvalue weighted by Gasteiger charge is -2.21. The molecule has 7 nitrogen and oxygen atoms in total. The van der Waals surface area contributed by atoms with Crippen molar-refractivity contribution in [2.75, 3.05) is 31.5 Å². The SMILES string of the molecule is COc1ccc2c(c1-c1c(C)cc(OCCCS(C)(=O)=O)cc1C)CCC2Oc1ccc2c(c1)SCC2CC(=O)O. The predicted octanol–water partition coefficient (Wildman–Crippen LogP) is 6.52. The van der Waals surface area contributed by atoms with E-state index in [9.17, 15) is 18.3 Å². The average molecular weight is 597 g/mol. The lowest BCUT2D eigenvalue weighted by Crippen LogP contribution is -2.08. The van der Waals surface area contributed by atoms with Crippen LogP contribution in [0.3, 0.4) is 0 Å². The van der Waals surface area contributed by atoms with E-state index in [4.69, 9.17) is 14.2 Å². The first kappa shape index (κ1) is 29.3. The number of methoxy groups -OCH3 is 1. The largest absolute Gasteiger partial charge is 0.496 e. The quantitative estimate of drug-likeness (QED) is 0.250. The van der Waals surface area contributed by atoms with E-state index in [-0.39, 0.29) is 24.2 Å². The number of aliphatic carboxylic acids is 1. The van der Waals surface area contributed by atoms with Crippen LogP contribution in [0.2, 0.25) is 0 Å². The molecule has 0 aromatic heterocycles. The predicted molar refractivity (Wildman–Crippen MR) is 162 cm³/mol. The third-order valence-corrected chi connectivity index (χ3v) is 10.0. The van der Waals surface area contributed by atoms with E-state index in [0.29, 0.717) is 13.0 Å². The van der Waals surface area contributed by atoms with Crippen LogP contribution < -0.4 is 14.2 Å². The van der Waals surface area contributed by atoms with Gasteiger partial charge in [-0.05, 0) is 96.8 Å². The van der Waals surface area contributed by atoms with Gasteiger partial charge in [0.2, 0.25) is 0 Å². The summed E-state index contributed by atoms with van der Waals surface area (Å²) in [6.45, 7) is 4.47. The van der Waals surface area contributed by atoms with Gasteiger partial charge in [-0.1, -0.05) is 12.1 Å². The van der Waals surface area contributed by atoms with Gasteiger partial charge in [0, 0.05) is 28.4 Å². The second-order valence-electron chi connectivity index (χ2n) is 10.9. The Morgan fingerprint density at radius 3 is 2.44 bits per heavy atom. The van der Waals surface area contributed by atoms with Crippen molar-refractivity contribution in [1.29, 1.82) is 0 Å². The minimum Gasteiger partial charge on any atom is -0.496 e. The summed E-state index contributed by atoms with van der Waals surface area (Å²) in [6, 6.07) is 14.2. The number of fused-ring (bicyclic) bond motifs is 2. The molecule has 41 heavy (non-hydrogen) atoms. The van der Waals surface area contributed by atoms with Crippen LogP contribution in [0.5, 0.6) is 17.2 Å². The average Bonchev–Trinajstić information content (AvgIpc) is 3.49. The molecular weight excluding hydrogens is 560 g/mol. The van der Waals surface area contributed by atoms with Crippen molar-refractivity contribution >= 4 is 27.6 Å². The van der Waals surface area contributed by atoms with Crippen molar-refractivity contribution in [2.24, 2.45) is 0 Å². The Labute approximate surface area is 246 Å². The van der Waals surface area contributed by atoms with Crippen LogP contribution in [0.15, 0.2) is 47.4 Å². The number of rotatable bonds is 11. The highest BCUT2D eigenvalue weighted by molar-refractivity contribution is 7.99. The van der Waals surface area contributed by atoms with Crippen molar-refractivity contribution in [3.63, 3.8) is 0 Å². The van der Waals surface area contributed by atoms with Gasteiger partial charge >= 0.3 is 5.97 Å². The molecule has 2 unspecified atom stereocenters. The maximum atomic E-state index is 11.4. The highest BCUT2D eigenvalue weighted by Gasteiger charge is 2.31. The lowest BCUT2D eigenvalue weighted by atomic mass is 9.89. The molecule has 0 saturated heterocycles. The van der Waals surface area contributed by atoms with Crippen LogP contribution in [0.1, 0.15) is 59.1 Å². The van der Waals surface area contributed by atoms with E-state index < -0.39 is 15.8 Å².